The summed E-state index contributed by atoms with van der Waals surface area (Å²) in [4.78, 5) is 12.1. The van der Waals surface area contributed by atoms with E-state index in [9.17, 15) is 9.90 Å². The fourth-order valence-electron chi connectivity index (χ4n) is 3.35. The number of hydrogen-bond donors (Lipinski definition) is 3. The number of benzene rings is 1. The number of amides is 2. The molecule has 120 valence electrons. The van der Waals surface area contributed by atoms with Gasteiger partial charge in [0.05, 0.1) is 12.1 Å². The molecule has 0 spiro atoms. The average molecular weight is 304 g/mol. The van der Waals surface area contributed by atoms with Crippen molar-refractivity contribution in [2.45, 2.75) is 44.8 Å². The molecule has 1 fully saturated rings. The highest BCUT2D eigenvalue weighted by atomic mass is 16.5. The molecule has 0 radical (unpaired) electrons. The quantitative estimate of drug-likeness (QED) is 0.802. The lowest BCUT2D eigenvalue weighted by atomic mass is 9.87. The van der Waals surface area contributed by atoms with E-state index in [1.807, 2.05) is 19.1 Å². The van der Waals surface area contributed by atoms with Gasteiger partial charge in [-0.05, 0) is 38.2 Å². The van der Waals surface area contributed by atoms with Crippen LogP contribution in [-0.4, -0.2) is 30.4 Å². The molecule has 0 saturated heterocycles. The maximum Gasteiger partial charge on any atom is 0.315 e. The van der Waals surface area contributed by atoms with Crippen LogP contribution in [-0.2, 0) is 0 Å². The van der Waals surface area contributed by atoms with E-state index in [2.05, 4.69) is 16.7 Å². The van der Waals surface area contributed by atoms with Gasteiger partial charge in [-0.15, -0.1) is 0 Å². The lowest BCUT2D eigenvalue weighted by Crippen LogP contribution is -2.41. The molecule has 1 aliphatic heterocycles. The lowest BCUT2D eigenvalue weighted by Gasteiger charge is -2.26. The smallest absolute Gasteiger partial charge is 0.315 e. The Hall–Kier alpha value is -1.75. The number of carbonyl (C=O) groups excluding carboxylic acids is 1. The minimum absolute atomic E-state index is 0.0909. The first-order chi connectivity index (χ1) is 10.6. The van der Waals surface area contributed by atoms with E-state index in [0.29, 0.717) is 19.1 Å². The number of ether oxygens (including phenoxy) is 1. The van der Waals surface area contributed by atoms with Crippen molar-refractivity contribution >= 4 is 6.03 Å². The molecule has 1 aliphatic carbocycles. The first kappa shape index (κ1) is 15.2. The van der Waals surface area contributed by atoms with Gasteiger partial charge in [-0.2, -0.15) is 0 Å². The van der Waals surface area contributed by atoms with E-state index in [1.54, 1.807) is 0 Å². The summed E-state index contributed by atoms with van der Waals surface area (Å²) < 4.78 is 5.60. The highest BCUT2D eigenvalue weighted by molar-refractivity contribution is 5.74. The van der Waals surface area contributed by atoms with Gasteiger partial charge in [0, 0.05) is 12.1 Å². The fourth-order valence-corrected chi connectivity index (χ4v) is 3.35. The zero-order valence-electron chi connectivity index (χ0n) is 13.0. The van der Waals surface area contributed by atoms with Gasteiger partial charge in [0.15, 0.2) is 0 Å². The van der Waals surface area contributed by atoms with Crippen LogP contribution >= 0.6 is 0 Å². The van der Waals surface area contributed by atoms with Gasteiger partial charge in [-0.1, -0.05) is 24.1 Å². The largest absolute Gasteiger partial charge is 0.491 e. The van der Waals surface area contributed by atoms with Gasteiger partial charge in [-0.3, -0.25) is 0 Å². The van der Waals surface area contributed by atoms with Crippen molar-refractivity contribution in [2.75, 3.05) is 13.2 Å². The van der Waals surface area contributed by atoms with E-state index < -0.39 is 0 Å². The van der Waals surface area contributed by atoms with Crippen LogP contribution in [0.4, 0.5) is 4.79 Å². The van der Waals surface area contributed by atoms with Crippen LogP contribution in [0, 0.1) is 12.8 Å². The Bertz CT molecular complexity index is 547. The Labute approximate surface area is 131 Å². The molecule has 2 amide bonds. The van der Waals surface area contributed by atoms with Crippen molar-refractivity contribution < 1.29 is 14.6 Å². The molecule has 1 aromatic carbocycles. The van der Waals surface area contributed by atoms with Gasteiger partial charge >= 0.3 is 6.03 Å². The zero-order valence-corrected chi connectivity index (χ0v) is 13.0. The number of nitrogens with one attached hydrogen (secondary N) is 2. The summed E-state index contributed by atoms with van der Waals surface area (Å²) in [5, 5.41) is 15.6. The van der Waals surface area contributed by atoms with E-state index >= 15 is 0 Å². The van der Waals surface area contributed by atoms with Gasteiger partial charge in [0.25, 0.3) is 0 Å². The standard InChI is InChI=1S/C17H24N2O3/c1-11-5-6-16-14(7-11)15(10-22-16)19-17(21)18-9-12-3-2-4-13(20)8-12/h5-7,12-13,15,20H,2-4,8-10H2,1H3,(H2,18,19,21). The normalized spacial score (nSPS) is 26.9. The second-order valence-electron chi connectivity index (χ2n) is 6.45. The zero-order chi connectivity index (χ0) is 15.5. The minimum atomic E-state index is -0.207. The van der Waals surface area contributed by atoms with Crippen LogP contribution in [0.1, 0.15) is 42.9 Å². The third-order valence-electron chi connectivity index (χ3n) is 4.56. The molecule has 3 rings (SSSR count). The maximum atomic E-state index is 12.1. The van der Waals surface area contributed by atoms with Crippen molar-refractivity contribution in [1.29, 1.82) is 0 Å². The summed E-state index contributed by atoms with van der Waals surface area (Å²) in [7, 11) is 0. The molecule has 1 saturated carbocycles. The highest BCUT2D eigenvalue weighted by Crippen LogP contribution is 2.32. The average Bonchev–Trinajstić information content (AvgIpc) is 2.88. The number of hydrogen-bond acceptors (Lipinski definition) is 3. The number of aliphatic hydroxyl groups excluding tert-OH is 1. The molecular formula is C17H24N2O3. The predicted octanol–water partition coefficient (Wildman–Crippen LogP) is 2.28. The second-order valence-corrected chi connectivity index (χ2v) is 6.45. The van der Waals surface area contributed by atoms with Gasteiger partial charge in [-0.25, -0.2) is 4.79 Å². The number of aliphatic hydroxyl groups is 1. The van der Waals surface area contributed by atoms with Crippen LogP contribution in [0.3, 0.4) is 0 Å². The SMILES string of the molecule is Cc1ccc2c(c1)C(NC(=O)NCC1CCCC(O)C1)CO2. The van der Waals surface area contributed by atoms with Crippen molar-refractivity contribution in [2.24, 2.45) is 5.92 Å². The number of urea groups is 1. The lowest BCUT2D eigenvalue weighted by molar-refractivity contribution is 0.101. The van der Waals surface area contributed by atoms with Crippen LogP contribution in [0.15, 0.2) is 18.2 Å². The van der Waals surface area contributed by atoms with Crippen molar-refractivity contribution in [3.05, 3.63) is 29.3 Å². The molecule has 3 unspecified atom stereocenters. The molecular weight excluding hydrogens is 280 g/mol. The van der Waals surface area contributed by atoms with Crippen LogP contribution < -0.4 is 15.4 Å². The number of aryl methyl sites for hydroxylation is 1. The Morgan fingerprint density at radius 2 is 2.27 bits per heavy atom. The van der Waals surface area contributed by atoms with Crippen LogP contribution in [0.25, 0.3) is 0 Å². The van der Waals surface area contributed by atoms with E-state index in [1.165, 1.54) is 0 Å². The molecule has 0 aromatic heterocycles. The van der Waals surface area contributed by atoms with Crippen LogP contribution in [0.2, 0.25) is 0 Å². The molecule has 1 heterocycles. The van der Waals surface area contributed by atoms with Gasteiger partial charge in [0.2, 0.25) is 0 Å². The summed E-state index contributed by atoms with van der Waals surface area (Å²) >= 11 is 0. The number of carbonyl (C=O) groups is 1. The predicted molar refractivity (Wildman–Crippen MR) is 83.9 cm³/mol. The van der Waals surface area contributed by atoms with Crippen molar-refractivity contribution in [3.8, 4) is 5.75 Å². The van der Waals surface area contributed by atoms with Crippen LogP contribution in [0.5, 0.6) is 5.75 Å². The molecule has 5 heteroatoms. The summed E-state index contributed by atoms with van der Waals surface area (Å²) in [6, 6.07) is 5.77. The maximum absolute atomic E-state index is 12.1. The summed E-state index contributed by atoms with van der Waals surface area (Å²) in [5.74, 6) is 1.23. The molecule has 3 atom stereocenters. The third-order valence-corrected chi connectivity index (χ3v) is 4.56. The molecule has 1 aromatic rings. The summed E-state index contributed by atoms with van der Waals surface area (Å²) in [5.41, 5.74) is 2.20. The highest BCUT2D eigenvalue weighted by Gasteiger charge is 2.26. The number of fused-ring (bicyclic) bond motifs is 1. The summed E-state index contributed by atoms with van der Waals surface area (Å²) in [6.07, 6.45) is 3.58. The minimum Gasteiger partial charge on any atom is -0.491 e. The Kier molecular flexibility index (Phi) is 4.52. The molecule has 0 bridgehead atoms. The third kappa shape index (κ3) is 3.53. The first-order valence-corrected chi connectivity index (χ1v) is 8.07. The first-order valence-electron chi connectivity index (χ1n) is 8.07. The van der Waals surface area contributed by atoms with Crippen molar-refractivity contribution in [3.63, 3.8) is 0 Å². The van der Waals surface area contributed by atoms with E-state index in [4.69, 9.17) is 4.74 Å². The van der Waals surface area contributed by atoms with Crippen molar-refractivity contribution in [1.82, 2.24) is 10.6 Å². The molecule has 2 aliphatic rings. The molecule has 5 nitrogen and oxygen atoms in total. The number of rotatable bonds is 3. The molecule has 22 heavy (non-hydrogen) atoms. The Balaban J connectivity index is 1.50. The Morgan fingerprint density at radius 1 is 1.41 bits per heavy atom. The van der Waals surface area contributed by atoms with E-state index in [0.717, 1.165) is 42.6 Å². The topological polar surface area (TPSA) is 70.6 Å². The van der Waals surface area contributed by atoms with E-state index in [-0.39, 0.29) is 18.2 Å². The monoisotopic (exact) mass is 304 g/mol. The summed E-state index contributed by atoms with van der Waals surface area (Å²) in [6.45, 7) is 3.13. The Morgan fingerprint density at radius 3 is 3.09 bits per heavy atom. The fraction of sp³-hybridized carbons (Fsp3) is 0.588. The van der Waals surface area contributed by atoms with Gasteiger partial charge in [0.1, 0.15) is 12.4 Å². The molecule has 3 N–H and O–H groups in total. The van der Waals surface area contributed by atoms with Gasteiger partial charge < -0.3 is 20.5 Å². The second kappa shape index (κ2) is 6.57.